The van der Waals surface area contributed by atoms with Crippen LogP contribution in [-0.4, -0.2) is 32.1 Å². The summed E-state index contributed by atoms with van der Waals surface area (Å²) >= 11 is 0. The minimum absolute atomic E-state index is 0.0647. The highest BCUT2D eigenvalue weighted by Gasteiger charge is 2.49. The van der Waals surface area contributed by atoms with Crippen molar-refractivity contribution in [2.45, 2.75) is 25.7 Å². The lowest BCUT2D eigenvalue weighted by Gasteiger charge is -2.37. The molecular weight excluding hydrogens is 308 g/mol. The van der Waals surface area contributed by atoms with Gasteiger partial charge in [-0.05, 0) is 37.4 Å². The van der Waals surface area contributed by atoms with E-state index < -0.39 is 6.03 Å². The Bertz CT molecular complexity index is 649. The smallest absolute Gasteiger partial charge is 0.316 e. The van der Waals surface area contributed by atoms with Gasteiger partial charge in [-0.15, -0.1) is 0 Å². The third-order valence-corrected chi connectivity index (χ3v) is 5.21. The first kappa shape index (κ1) is 16.6. The van der Waals surface area contributed by atoms with E-state index >= 15 is 0 Å². The maximum Gasteiger partial charge on any atom is 0.316 e. The van der Waals surface area contributed by atoms with Gasteiger partial charge in [-0.3, -0.25) is 4.79 Å². The minimum atomic E-state index is -0.661. The topological polar surface area (TPSA) is 105 Å². The van der Waals surface area contributed by atoms with Crippen LogP contribution in [0.1, 0.15) is 25.7 Å². The van der Waals surface area contributed by atoms with Crippen molar-refractivity contribution in [3.8, 4) is 5.75 Å². The molecule has 0 aromatic heterocycles. The zero-order valence-corrected chi connectivity index (χ0v) is 13.9. The maximum absolute atomic E-state index is 13.0. The maximum atomic E-state index is 13.0. The standard InChI is InChI=1S/C17H24N4O3/c1-24-14-8-12(5-6-13(14)21-16(18)23)20-15(22)17-7-3-2-4-11(17)9-19-10-17/h5-6,8,11,19H,2-4,7,9-10H2,1H3,(H,20,22)(H3,18,21,23)/t11-,17+/m0/s1. The van der Waals surface area contributed by atoms with E-state index in [1.807, 2.05) is 0 Å². The third-order valence-electron chi connectivity index (χ3n) is 5.21. The van der Waals surface area contributed by atoms with Gasteiger partial charge in [-0.2, -0.15) is 0 Å². The second-order valence-corrected chi connectivity index (χ2v) is 6.59. The molecule has 24 heavy (non-hydrogen) atoms. The van der Waals surface area contributed by atoms with Gasteiger partial charge in [-0.1, -0.05) is 12.8 Å². The molecule has 3 rings (SSSR count). The highest BCUT2D eigenvalue weighted by molar-refractivity contribution is 5.97. The van der Waals surface area contributed by atoms with Gasteiger partial charge in [0.1, 0.15) is 5.75 Å². The fraction of sp³-hybridized carbons (Fsp3) is 0.529. The summed E-state index contributed by atoms with van der Waals surface area (Å²) in [7, 11) is 1.50. The molecule has 5 N–H and O–H groups in total. The van der Waals surface area contributed by atoms with Gasteiger partial charge in [0.2, 0.25) is 5.91 Å². The number of carbonyl (C=O) groups excluding carboxylic acids is 2. The van der Waals surface area contributed by atoms with E-state index in [0.29, 0.717) is 23.0 Å². The van der Waals surface area contributed by atoms with Crippen LogP contribution in [0, 0.1) is 11.3 Å². The molecule has 0 spiro atoms. The number of carbonyl (C=O) groups is 2. The van der Waals surface area contributed by atoms with Gasteiger partial charge in [0, 0.05) is 18.3 Å². The number of ether oxygens (including phenoxy) is 1. The Kier molecular flexibility index (Phi) is 4.62. The second kappa shape index (κ2) is 6.68. The second-order valence-electron chi connectivity index (χ2n) is 6.59. The summed E-state index contributed by atoms with van der Waals surface area (Å²) in [6, 6.07) is 4.44. The molecule has 2 fully saturated rings. The number of hydrogen-bond donors (Lipinski definition) is 4. The lowest BCUT2D eigenvalue weighted by molar-refractivity contribution is -0.128. The van der Waals surface area contributed by atoms with Crippen molar-refractivity contribution in [1.82, 2.24) is 5.32 Å². The van der Waals surface area contributed by atoms with Gasteiger partial charge < -0.3 is 26.4 Å². The first-order valence-electron chi connectivity index (χ1n) is 8.32. The average Bonchev–Trinajstić information content (AvgIpc) is 3.01. The molecule has 1 heterocycles. The van der Waals surface area contributed by atoms with E-state index in [4.69, 9.17) is 10.5 Å². The number of nitrogens with two attached hydrogens (primary N) is 1. The number of amides is 3. The van der Waals surface area contributed by atoms with Crippen LogP contribution in [0.25, 0.3) is 0 Å². The molecule has 2 aliphatic rings. The van der Waals surface area contributed by atoms with Crippen LogP contribution < -0.4 is 26.4 Å². The Morgan fingerprint density at radius 2 is 2.17 bits per heavy atom. The quantitative estimate of drug-likeness (QED) is 0.676. The molecule has 2 atom stereocenters. The number of anilines is 2. The predicted molar refractivity (Wildman–Crippen MR) is 92.1 cm³/mol. The zero-order valence-electron chi connectivity index (χ0n) is 13.9. The molecule has 7 heteroatoms. The molecule has 0 bridgehead atoms. The van der Waals surface area contributed by atoms with Crippen LogP contribution in [-0.2, 0) is 4.79 Å². The van der Waals surface area contributed by atoms with Gasteiger partial charge in [0.05, 0.1) is 18.2 Å². The van der Waals surface area contributed by atoms with E-state index in [9.17, 15) is 9.59 Å². The number of fused-ring (bicyclic) bond motifs is 1. The average molecular weight is 332 g/mol. The van der Waals surface area contributed by atoms with E-state index in [1.165, 1.54) is 13.5 Å². The molecule has 3 amide bonds. The first-order valence-corrected chi connectivity index (χ1v) is 8.32. The Morgan fingerprint density at radius 1 is 1.33 bits per heavy atom. The van der Waals surface area contributed by atoms with Gasteiger partial charge in [-0.25, -0.2) is 4.79 Å². The number of hydrogen-bond acceptors (Lipinski definition) is 4. The molecule has 0 radical (unpaired) electrons. The molecule has 1 aliphatic heterocycles. The van der Waals surface area contributed by atoms with Crippen LogP contribution in [0.15, 0.2) is 18.2 Å². The Labute approximate surface area is 141 Å². The van der Waals surface area contributed by atoms with Crippen molar-refractivity contribution in [1.29, 1.82) is 0 Å². The van der Waals surface area contributed by atoms with E-state index in [2.05, 4.69) is 16.0 Å². The van der Waals surface area contributed by atoms with Crippen molar-refractivity contribution in [3.05, 3.63) is 18.2 Å². The van der Waals surface area contributed by atoms with Crippen molar-refractivity contribution >= 4 is 23.3 Å². The number of urea groups is 1. The summed E-state index contributed by atoms with van der Waals surface area (Å²) in [6.07, 6.45) is 4.32. The molecule has 0 unspecified atom stereocenters. The van der Waals surface area contributed by atoms with E-state index in [1.54, 1.807) is 18.2 Å². The summed E-state index contributed by atoms with van der Waals surface area (Å²) in [4.78, 5) is 24.0. The molecule has 1 saturated heterocycles. The molecular formula is C17H24N4O3. The zero-order chi connectivity index (χ0) is 17.2. The Morgan fingerprint density at radius 3 is 2.92 bits per heavy atom. The van der Waals surface area contributed by atoms with Crippen molar-refractivity contribution in [3.63, 3.8) is 0 Å². The number of rotatable bonds is 4. The van der Waals surface area contributed by atoms with Crippen LogP contribution in [0.5, 0.6) is 5.75 Å². The van der Waals surface area contributed by atoms with Crippen molar-refractivity contribution in [2.24, 2.45) is 17.1 Å². The highest BCUT2D eigenvalue weighted by atomic mass is 16.5. The van der Waals surface area contributed by atoms with Crippen LogP contribution in [0.4, 0.5) is 16.2 Å². The number of methoxy groups -OCH3 is 1. The van der Waals surface area contributed by atoms with Crippen molar-refractivity contribution < 1.29 is 14.3 Å². The summed E-state index contributed by atoms with van der Waals surface area (Å²) in [5.41, 5.74) is 5.95. The molecule has 1 aromatic rings. The molecule has 130 valence electrons. The third kappa shape index (κ3) is 3.03. The van der Waals surface area contributed by atoms with E-state index in [-0.39, 0.29) is 11.3 Å². The van der Waals surface area contributed by atoms with Gasteiger partial charge in [0.15, 0.2) is 0 Å². The Balaban J connectivity index is 1.78. The predicted octanol–water partition coefficient (Wildman–Crippen LogP) is 1.90. The number of benzene rings is 1. The SMILES string of the molecule is COc1cc(NC(=O)[C@@]23CCCC[C@H]2CNC3)ccc1NC(N)=O. The van der Waals surface area contributed by atoms with Crippen molar-refractivity contribution in [2.75, 3.05) is 30.8 Å². The highest BCUT2D eigenvalue weighted by Crippen LogP contribution is 2.44. The van der Waals surface area contributed by atoms with E-state index in [0.717, 1.165) is 32.4 Å². The molecule has 1 aromatic carbocycles. The van der Waals surface area contributed by atoms with Gasteiger partial charge in [0.25, 0.3) is 0 Å². The first-order chi connectivity index (χ1) is 11.5. The lowest BCUT2D eigenvalue weighted by atomic mass is 9.67. The monoisotopic (exact) mass is 332 g/mol. The van der Waals surface area contributed by atoms with Crippen LogP contribution in [0.3, 0.4) is 0 Å². The fourth-order valence-corrected chi connectivity index (χ4v) is 3.95. The van der Waals surface area contributed by atoms with Crippen LogP contribution >= 0.6 is 0 Å². The Hall–Kier alpha value is -2.28. The molecule has 1 aliphatic carbocycles. The van der Waals surface area contributed by atoms with Crippen LogP contribution in [0.2, 0.25) is 0 Å². The van der Waals surface area contributed by atoms with Gasteiger partial charge >= 0.3 is 6.03 Å². The fourth-order valence-electron chi connectivity index (χ4n) is 3.95. The number of nitrogens with one attached hydrogen (secondary N) is 3. The summed E-state index contributed by atoms with van der Waals surface area (Å²) < 4.78 is 5.26. The summed E-state index contributed by atoms with van der Waals surface area (Å²) in [5, 5.41) is 8.90. The molecule has 7 nitrogen and oxygen atoms in total. The summed E-state index contributed by atoms with van der Waals surface area (Å²) in [6.45, 7) is 1.65. The largest absolute Gasteiger partial charge is 0.494 e. The number of primary amides is 1. The summed E-state index contributed by atoms with van der Waals surface area (Å²) in [5.74, 6) is 0.924. The minimum Gasteiger partial charge on any atom is -0.494 e. The normalized spacial score (nSPS) is 25.6. The molecule has 1 saturated carbocycles. The lowest BCUT2D eigenvalue weighted by Crippen LogP contribution is -2.44.